The van der Waals surface area contributed by atoms with E-state index in [0.717, 1.165) is 34.6 Å². The zero-order valence-electron chi connectivity index (χ0n) is 23.7. The Hall–Kier alpha value is -3.58. The second kappa shape index (κ2) is 13.2. The van der Waals surface area contributed by atoms with Gasteiger partial charge in [0, 0.05) is 25.2 Å². The maximum absolute atomic E-state index is 13.8. The van der Waals surface area contributed by atoms with Gasteiger partial charge in [-0.2, -0.15) is 13.2 Å². The lowest BCUT2D eigenvalue weighted by Crippen LogP contribution is -2.36. The number of hydrogen-bond acceptors (Lipinski definition) is 6. The number of hydrogen-bond donors (Lipinski definition) is 1. The molecule has 1 aromatic heterocycles. The van der Waals surface area contributed by atoms with Gasteiger partial charge in [0.25, 0.3) is 15.9 Å². The summed E-state index contributed by atoms with van der Waals surface area (Å²) in [7, 11) is -4.14. The van der Waals surface area contributed by atoms with Crippen LogP contribution in [-0.2, 0) is 34.1 Å². The molecule has 0 saturated carbocycles. The Morgan fingerprint density at radius 1 is 1.00 bits per heavy atom. The second-order valence-corrected chi connectivity index (χ2v) is 13.3. The summed E-state index contributed by atoms with van der Waals surface area (Å²) in [5.74, 6) is -1.59. The number of halogens is 4. The first-order valence-corrected chi connectivity index (χ1v) is 16.2. The number of alkyl halides is 3. The number of rotatable bonds is 9. The van der Waals surface area contributed by atoms with Crippen molar-refractivity contribution in [2.45, 2.75) is 50.1 Å². The quantitative estimate of drug-likeness (QED) is 0.195. The van der Waals surface area contributed by atoms with Gasteiger partial charge < -0.3 is 4.74 Å². The van der Waals surface area contributed by atoms with Gasteiger partial charge in [-0.15, -0.1) is 11.3 Å². The number of thiophene rings is 1. The maximum atomic E-state index is 13.8. The van der Waals surface area contributed by atoms with Gasteiger partial charge >= 0.3 is 6.18 Å². The Balaban J connectivity index is 1.18. The average molecular weight is 647 g/mol. The van der Waals surface area contributed by atoms with Crippen LogP contribution in [0.5, 0.6) is 0 Å². The van der Waals surface area contributed by atoms with E-state index < -0.39 is 33.5 Å². The SMILES string of the molecule is Cc1ccc(S(=O)(=O)NC(=O)c2cccs2)c(-c2ccc(COC3CCN(Cc4cc(F)cc(C(F)(F)F)c4)CC3)cc2)c1. The van der Waals surface area contributed by atoms with Crippen molar-refractivity contribution in [3.8, 4) is 11.1 Å². The molecule has 0 spiro atoms. The number of likely N-dealkylation sites (tertiary alicyclic amines) is 1. The predicted octanol–water partition coefficient (Wildman–Crippen LogP) is 7.18. The molecule has 1 amide bonds. The molecular weight excluding hydrogens is 616 g/mol. The van der Waals surface area contributed by atoms with Crippen molar-refractivity contribution in [2.75, 3.05) is 13.1 Å². The number of carbonyl (C=O) groups excluding carboxylic acids is 1. The molecule has 44 heavy (non-hydrogen) atoms. The van der Waals surface area contributed by atoms with Gasteiger partial charge in [0.2, 0.25) is 0 Å². The van der Waals surface area contributed by atoms with Crippen LogP contribution >= 0.6 is 11.3 Å². The van der Waals surface area contributed by atoms with E-state index in [4.69, 9.17) is 4.74 Å². The summed E-state index contributed by atoms with van der Waals surface area (Å²) in [4.78, 5) is 14.7. The molecule has 1 N–H and O–H groups in total. The van der Waals surface area contributed by atoms with Crippen LogP contribution in [0.1, 0.15) is 44.8 Å². The number of sulfonamides is 1. The topological polar surface area (TPSA) is 75.7 Å². The number of carbonyl (C=O) groups is 1. The number of amides is 1. The summed E-state index contributed by atoms with van der Waals surface area (Å²) in [6, 6.07) is 18.1. The van der Waals surface area contributed by atoms with E-state index in [2.05, 4.69) is 4.72 Å². The number of aryl methyl sites for hydroxylation is 1. The van der Waals surface area contributed by atoms with E-state index in [9.17, 15) is 30.8 Å². The highest BCUT2D eigenvalue weighted by atomic mass is 32.2. The average Bonchev–Trinajstić information content (AvgIpc) is 3.52. The first kappa shape index (κ1) is 31.8. The fourth-order valence-electron chi connectivity index (χ4n) is 5.13. The van der Waals surface area contributed by atoms with Crippen molar-refractivity contribution in [1.29, 1.82) is 0 Å². The van der Waals surface area contributed by atoms with E-state index >= 15 is 0 Å². The van der Waals surface area contributed by atoms with Crippen LogP contribution in [0.4, 0.5) is 17.6 Å². The first-order chi connectivity index (χ1) is 20.9. The van der Waals surface area contributed by atoms with E-state index in [0.29, 0.717) is 54.6 Å². The Kier molecular flexibility index (Phi) is 9.54. The highest BCUT2D eigenvalue weighted by Crippen LogP contribution is 2.32. The molecule has 4 aromatic rings. The molecule has 0 aliphatic carbocycles. The lowest BCUT2D eigenvalue weighted by molar-refractivity contribution is -0.137. The summed E-state index contributed by atoms with van der Waals surface area (Å²) in [5, 5.41) is 1.70. The van der Waals surface area contributed by atoms with Crippen molar-refractivity contribution in [3.63, 3.8) is 0 Å². The van der Waals surface area contributed by atoms with Gasteiger partial charge in [-0.1, -0.05) is 48.0 Å². The number of ether oxygens (including phenoxy) is 1. The molecule has 6 nitrogen and oxygen atoms in total. The minimum absolute atomic E-state index is 0.00311. The first-order valence-electron chi connectivity index (χ1n) is 13.9. The van der Waals surface area contributed by atoms with Gasteiger partial charge in [0.1, 0.15) is 5.82 Å². The fourth-order valence-corrected chi connectivity index (χ4v) is 6.99. The summed E-state index contributed by atoms with van der Waals surface area (Å²) >= 11 is 1.15. The van der Waals surface area contributed by atoms with Crippen LogP contribution in [0.3, 0.4) is 0 Å². The molecule has 0 unspecified atom stereocenters. The molecule has 0 atom stereocenters. The van der Waals surface area contributed by atoms with Gasteiger partial charge in [-0.25, -0.2) is 17.5 Å². The minimum Gasteiger partial charge on any atom is -0.373 e. The Bertz CT molecular complexity index is 1720. The Morgan fingerprint density at radius 2 is 1.73 bits per heavy atom. The third-order valence-corrected chi connectivity index (χ3v) is 9.63. The van der Waals surface area contributed by atoms with Gasteiger partial charge in [-0.05, 0) is 72.2 Å². The highest BCUT2D eigenvalue weighted by molar-refractivity contribution is 7.90. The molecule has 0 bridgehead atoms. The van der Waals surface area contributed by atoms with Gasteiger partial charge in [-0.3, -0.25) is 9.69 Å². The molecule has 1 aliphatic heterocycles. The molecule has 2 heterocycles. The van der Waals surface area contributed by atoms with Crippen LogP contribution in [-0.4, -0.2) is 38.4 Å². The van der Waals surface area contributed by atoms with E-state index in [1.54, 1.807) is 29.6 Å². The zero-order chi connectivity index (χ0) is 31.5. The van der Waals surface area contributed by atoms with E-state index in [1.165, 1.54) is 6.07 Å². The molecular formula is C32H30F4N2O4S2. The number of benzene rings is 3. The Labute approximate surface area is 257 Å². The van der Waals surface area contributed by atoms with Crippen molar-refractivity contribution in [2.24, 2.45) is 0 Å². The lowest BCUT2D eigenvalue weighted by Gasteiger charge is -2.32. The van der Waals surface area contributed by atoms with E-state index in [-0.39, 0.29) is 23.1 Å². The Morgan fingerprint density at radius 3 is 2.39 bits per heavy atom. The third kappa shape index (κ3) is 7.92. The summed E-state index contributed by atoms with van der Waals surface area (Å²) in [5.41, 5.74) is 2.18. The predicted molar refractivity (Wildman–Crippen MR) is 160 cm³/mol. The summed E-state index contributed by atoms with van der Waals surface area (Å²) in [6.45, 7) is 3.63. The maximum Gasteiger partial charge on any atom is 0.416 e. The molecule has 5 rings (SSSR count). The largest absolute Gasteiger partial charge is 0.416 e. The third-order valence-electron chi connectivity index (χ3n) is 7.37. The molecule has 0 radical (unpaired) electrons. The molecule has 3 aromatic carbocycles. The van der Waals surface area contributed by atoms with Crippen molar-refractivity contribution in [1.82, 2.24) is 9.62 Å². The van der Waals surface area contributed by atoms with Crippen LogP contribution in [0.15, 0.2) is 83.1 Å². The normalized spacial score (nSPS) is 14.9. The van der Waals surface area contributed by atoms with Crippen molar-refractivity contribution < 1.29 is 35.5 Å². The monoisotopic (exact) mass is 646 g/mol. The number of nitrogens with one attached hydrogen (secondary N) is 1. The van der Waals surface area contributed by atoms with Gasteiger partial charge in [0.05, 0.1) is 28.0 Å². The second-order valence-electron chi connectivity index (χ2n) is 10.7. The fraction of sp³-hybridized carbons (Fsp3) is 0.281. The zero-order valence-corrected chi connectivity index (χ0v) is 25.4. The van der Waals surface area contributed by atoms with Crippen molar-refractivity contribution in [3.05, 3.63) is 111 Å². The van der Waals surface area contributed by atoms with Crippen LogP contribution in [0, 0.1) is 12.7 Å². The molecule has 1 saturated heterocycles. The van der Waals surface area contributed by atoms with Crippen molar-refractivity contribution >= 4 is 27.3 Å². The van der Waals surface area contributed by atoms with Gasteiger partial charge in [0.15, 0.2) is 0 Å². The van der Waals surface area contributed by atoms with Crippen LogP contribution in [0.25, 0.3) is 11.1 Å². The standard InChI is InChI=1S/C32H30F4N2O4S2/c1-21-4-9-30(44(40,41)37-31(39)29-3-2-14-43-29)28(15-21)24-7-5-22(6-8-24)20-42-27-10-12-38(13-11-27)19-23-16-25(32(34,35)36)18-26(33)17-23/h2-9,14-18,27H,10-13,19-20H2,1H3,(H,37,39). The lowest BCUT2D eigenvalue weighted by atomic mass is 10.0. The molecule has 12 heteroatoms. The molecule has 1 fully saturated rings. The molecule has 232 valence electrons. The van der Waals surface area contributed by atoms with E-state index in [1.807, 2.05) is 36.1 Å². The molecule has 1 aliphatic rings. The number of nitrogens with zero attached hydrogens (tertiary/aromatic N) is 1. The van der Waals surface area contributed by atoms with Crippen LogP contribution in [0.2, 0.25) is 0 Å². The summed E-state index contributed by atoms with van der Waals surface area (Å²) in [6.07, 6.45) is -3.27. The number of piperidine rings is 1. The summed E-state index contributed by atoms with van der Waals surface area (Å²) < 4.78 is 87.5. The van der Waals surface area contributed by atoms with Crippen LogP contribution < -0.4 is 4.72 Å². The smallest absolute Gasteiger partial charge is 0.373 e. The highest BCUT2D eigenvalue weighted by Gasteiger charge is 2.31. The minimum atomic E-state index is -4.60.